The second-order valence-corrected chi connectivity index (χ2v) is 5.52. The molecule has 1 N–H and O–H groups in total. The molecule has 0 amide bonds. The average molecular weight is 274 g/mol. The maximum absolute atomic E-state index is 4.67. The van der Waals surface area contributed by atoms with Gasteiger partial charge in [0.05, 0.1) is 6.20 Å². The number of rotatable bonds is 4. The van der Waals surface area contributed by atoms with E-state index in [0.29, 0.717) is 6.04 Å². The van der Waals surface area contributed by atoms with Crippen LogP contribution in [-0.4, -0.2) is 59.5 Å². The van der Waals surface area contributed by atoms with Crippen LogP contribution in [0.1, 0.15) is 12.8 Å². The summed E-state index contributed by atoms with van der Waals surface area (Å²) < 4.78 is 2.02. The molecule has 3 rings (SSSR count). The van der Waals surface area contributed by atoms with Gasteiger partial charge in [-0.3, -0.25) is 0 Å². The molecule has 1 unspecified atom stereocenters. The third-order valence-electron chi connectivity index (χ3n) is 4.13. The van der Waals surface area contributed by atoms with Gasteiger partial charge in [-0.05, 0) is 26.4 Å². The van der Waals surface area contributed by atoms with E-state index < -0.39 is 0 Å². The lowest BCUT2D eigenvalue weighted by Crippen LogP contribution is -2.37. The molecule has 1 fully saturated rings. The summed E-state index contributed by atoms with van der Waals surface area (Å²) in [6.07, 6.45) is 8.28. The smallest absolute Gasteiger partial charge is 0.180 e. The fourth-order valence-electron chi connectivity index (χ4n) is 2.90. The Labute approximate surface area is 119 Å². The molecule has 6 nitrogen and oxygen atoms in total. The van der Waals surface area contributed by atoms with Gasteiger partial charge >= 0.3 is 0 Å². The van der Waals surface area contributed by atoms with Crippen LogP contribution in [0.4, 0.5) is 11.6 Å². The van der Waals surface area contributed by atoms with Crippen LogP contribution < -0.4 is 10.2 Å². The van der Waals surface area contributed by atoms with Crippen LogP contribution in [0.2, 0.25) is 0 Å². The number of anilines is 2. The molecule has 1 atom stereocenters. The van der Waals surface area contributed by atoms with Crippen LogP contribution in [0.5, 0.6) is 0 Å². The second-order valence-electron chi connectivity index (χ2n) is 5.52. The van der Waals surface area contributed by atoms with Crippen molar-refractivity contribution < 1.29 is 0 Å². The van der Waals surface area contributed by atoms with Crippen molar-refractivity contribution in [2.24, 2.45) is 0 Å². The monoisotopic (exact) mass is 274 g/mol. The van der Waals surface area contributed by atoms with Crippen molar-refractivity contribution >= 4 is 17.3 Å². The highest BCUT2D eigenvalue weighted by molar-refractivity contribution is 5.66. The van der Waals surface area contributed by atoms with E-state index in [0.717, 1.165) is 23.8 Å². The SMILES string of the molecule is CNc1cn2ccnc2c(N(C)CC2CCCN2C)n1. The molecule has 0 bridgehead atoms. The molecule has 1 saturated heterocycles. The summed E-state index contributed by atoms with van der Waals surface area (Å²) >= 11 is 0. The first-order valence-electron chi connectivity index (χ1n) is 7.12. The average Bonchev–Trinajstić information content (AvgIpc) is 3.06. The van der Waals surface area contributed by atoms with Crippen LogP contribution >= 0.6 is 0 Å². The van der Waals surface area contributed by atoms with Crippen molar-refractivity contribution in [1.82, 2.24) is 19.3 Å². The minimum absolute atomic E-state index is 0.607. The first-order valence-corrected chi connectivity index (χ1v) is 7.12. The molecule has 0 aromatic carbocycles. The number of aromatic nitrogens is 3. The van der Waals surface area contributed by atoms with Crippen LogP contribution in [0, 0.1) is 0 Å². The van der Waals surface area contributed by atoms with Crippen molar-refractivity contribution in [3.8, 4) is 0 Å². The van der Waals surface area contributed by atoms with Gasteiger partial charge in [0.25, 0.3) is 0 Å². The van der Waals surface area contributed by atoms with Gasteiger partial charge in [-0.1, -0.05) is 0 Å². The highest BCUT2D eigenvalue weighted by Crippen LogP contribution is 2.22. The highest BCUT2D eigenvalue weighted by atomic mass is 15.3. The fourth-order valence-corrected chi connectivity index (χ4v) is 2.90. The Hall–Kier alpha value is -1.82. The molecule has 2 aromatic rings. The number of likely N-dealkylation sites (N-methyl/N-ethyl adjacent to an activating group) is 2. The maximum Gasteiger partial charge on any atom is 0.180 e. The van der Waals surface area contributed by atoms with Crippen LogP contribution in [0.15, 0.2) is 18.6 Å². The van der Waals surface area contributed by atoms with Gasteiger partial charge in [0.15, 0.2) is 11.5 Å². The van der Waals surface area contributed by atoms with Crippen molar-refractivity contribution in [2.45, 2.75) is 18.9 Å². The summed E-state index contributed by atoms with van der Waals surface area (Å²) in [5.74, 6) is 1.79. The van der Waals surface area contributed by atoms with E-state index in [1.807, 2.05) is 30.0 Å². The van der Waals surface area contributed by atoms with E-state index in [4.69, 9.17) is 0 Å². The van der Waals surface area contributed by atoms with Crippen LogP contribution in [0.25, 0.3) is 5.65 Å². The van der Waals surface area contributed by atoms with E-state index in [2.05, 4.69) is 39.2 Å². The third-order valence-corrected chi connectivity index (χ3v) is 4.13. The summed E-state index contributed by atoms with van der Waals surface area (Å²) in [5.41, 5.74) is 0.909. The zero-order valence-electron chi connectivity index (χ0n) is 12.4. The van der Waals surface area contributed by atoms with Crippen molar-refractivity contribution in [3.63, 3.8) is 0 Å². The van der Waals surface area contributed by atoms with Gasteiger partial charge in [0.2, 0.25) is 0 Å². The fraction of sp³-hybridized carbons (Fsp3) is 0.571. The van der Waals surface area contributed by atoms with Gasteiger partial charge in [-0.15, -0.1) is 0 Å². The Morgan fingerprint density at radius 1 is 1.50 bits per heavy atom. The predicted molar refractivity (Wildman–Crippen MR) is 81.5 cm³/mol. The standard InChI is InChI=1S/C14H22N6/c1-15-12-10-20-8-6-16-13(20)14(17-12)19(3)9-11-5-4-7-18(11)2/h6,8,10-11,15H,4-5,7,9H2,1-3H3. The molecule has 6 heteroatoms. The van der Waals surface area contributed by atoms with Crippen molar-refractivity contribution in [1.29, 1.82) is 0 Å². The summed E-state index contributed by atoms with van der Waals surface area (Å²) in [5, 5.41) is 3.11. The molecular weight excluding hydrogens is 252 g/mol. The van der Waals surface area contributed by atoms with Crippen LogP contribution in [0.3, 0.4) is 0 Å². The number of fused-ring (bicyclic) bond motifs is 1. The van der Waals surface area contributed by atoms with E-state index in [9.17, 15) is 0 Å². The number of hydrogen-bond acceptors (Lipinski definition) is 5. The van der Waals surface area contributed by atoms with Gasteiger partial charge in [-0.2, -0.15) is 0 Å². The summed E-state index contributed by atoms with van der Waals surface area (Å²) in [6, 6.07) is 0.607. The summed E-state index contributed by atoms with van der Waals surface area (Å²) in [6.45, 7) is 2.18. The van der Waals surface area contributed by atoms with Crippen LogP contribution in [-0.2, 0) is 0 Å². The van der Waals surface area contributed by atoms with Gasteiger partial charge in [0.1, 0.15) is 5.82 Å². The van der Waals surface area contributed by atoms with Gasteiger partial charge in [0, 0.05) is 39.1 Å². The molecule has 0 saturated carbocycles. The molecule has 0 radical (unpaired) electrons. The Kier molecular flexibility index (Phi) is 3.48. The lowest BCUT2D eigenvalue weighted by atomic mass is 10.2. The third kappa shape index (κ3) is 2.31. The minimum Gasteiger partial charge on any atom is -0.372 e. The molecule has 0 spiro atoms. The Balaban J connectivity index is 1.89. The number of nitrogens with one attached hydrogen (secondary N) is 1. The quantitative estimate of drug-likeness (QED) is 0.910. The van der Waals surface area contributed by atoms with Gasteiger partial charge in [-0.25, -0.2) is 9.97 Å². The Bertz CT molecular complexity index is 592. The number of imidazole rings is 1. The number of nitrogens with zero attached hydrogens (tertiary/aromatic N) is 5. The summed E-state index contributed by atoms with van der Waals surface area (Å²) in [7, 11) is 6.19. The van der Waals surface area contributed by atoms with E-state index in [-0.39, 0.29) is 0 Å². The molecule has 2 aromatic heterocycles. The summed E-state index contributed by atoms with van der Waals surface area (Å²) in [4.78, 5) is 13.7. The lowest BCUT2D eigenvalue weighted by Gasteiger charge is -2.27. The van der Waals surface area contributed by atoms with Gasteiger partial charge < -0.3 is 19.5 Å². The highest BCUT2D eigenvalue weighted by Gasteiger charge is 2.23. The number of likely N-dealkylation sites (tertiary alicyclic amines) is 1. The topological polar surface area (TPSA) is 48.7 Å². The molecule has 108 valence electrons. The maximum atomic E-state index is 4.67. The normalized spacial score (nSPS) is 19.6. The largest absolute Gasteiger partial charge is 0.372 e. The van der Waals surface area contributed by atoms with Crippen molar-refractivity contribution in [3.05, 3.63) is 18.6 Å². The first-order chi connectivity index (χ1) is 9.69. The van der Waals surface area contributed by atoms with E-state index in [1.54, 1.807) is 0 Å². The molecule has 3 heterocycles. The first kappa shape index (κ1) is 13.2. The van der Waals surface area contributed by atoms with E-state index >= 15 is 0 Å². The molecule has 20 heavy (non-hydrogen) atoms. The molecule has 1 aliphatic heterocycles. The molecule has 0 aliphatic carbocycles. The number of hydrogen-bond donors (Lipinski definition) is 1. The van der Waals surface area contributed by atoms with Crippen molar-refractivity contribution in [2.75, 3.05) is 44.4 Å². The molecule has 1 aliphatic rings. The zero-order valence-corrected chi connectivity index (χ0v) is 12.4. The van der Waals surface area contributed by atoms with E-state index in [1.165, 1.54) is 19.4 Å². The Morgan fingerprint density at radius 2 is 2.35 bits per heavy atom. The minimum atomic E-state index is 0.607. The second kappa shape index (κ2) is 5.28. The predicted octanol–water partition coefficient (Wildman–Crippen LogP) is 1.30. The lowest BCUT2D eigenvalue weighted by molar-refractivity contribution is 0.314. The Morgan fingerprint density at radius 3 is 3.05 bits per heavy atom. The molecular formula is C14H22N6. The zero-order chi connectivity index (χ0) is 14.1.